The number of anilines is 2. The smallest absolute Gasteiger partial charge is 0.315 e. The molecule has 2 aromatic rings. The van der Waals surface area contributed by atoms with Crippen molar-refractivity contribution in [3.63, 3.8) is 0 Å². The monoisotopic (exact) mass is 515 g/mol. The predicted octanol–water partition coefficient (Wildman–Crippen LogP) is 1.12. The summed E-state index contributed by atoms with van der Waals surface area (Å²) in [6.45, 7) is -1.03. The van der Waals surface area contributed by atoms with E-state index in [4.69, 9.17) is 4.84 Å². The van der Waals surface area contributed by atoms with Crippen LogP contribution in [-0.2, 0) is 20.8 Å². The largest absolute Gasteiger partial charge is 0.389 e. The van der Waals surface area contributed by atoms with Crippen LogP contribution in [0, 0.1) is 11.6 Å². The number of pyridine rings is 1. The summed E-state index contributed by atoms with van der Waals surface area (Å²) in [5.74, 6) is -3.94. The average molecular weight is 515 g/mol. The van der Waals surface area contributed by atoms with Gasteiger partial charge in [0.15, 0.2) is 11.6 Å². The highest BCUT2D eigenvalue weighted by Crippen LogP contribution is 2.29. The fourth-order valence-corrected chi connectivity index (χ4v) is 3.50. The van der Waals surface area contributed by atoms with Gasteiger partial charge in [0.1, 0.15) is 5.69 Å². The van der Waals surface area contributed by atoms with E-state index in [0.717, 1.165) is 22.8 Å². The van der Waals surface area contributed by atoms with Gasteiger partial charge in [-0.2, -0.15) is 8.78 Å². The van der Waals surface area contributed by atoms with Crippen LogP contribution in [0.25, 0.3) is 0 Å². The van der Waals surface area contributed by atoms with E-state index in [2.05, 4.69) is 4.98 Å². The number of benzene rings is 1. The molecule has 0 unspecified atom stereocenters. The number of carbonyl (C=O) groups excluding carboxylic acids is 2. The van der Waals surface area contributed by atoms with Gasteiger partial charge in [-0.25, -0.2) is 13.8 Å². The van der Waals surface area contributed by atoms with Gasteiger partial charge in [0.25, 0.3) is 11.8 Å². The van der Waals surface area contributed by atoms with Gasteiger partial charge >= 0.3 is 6.43 Å². The number of hydrogen-bond acceptors (Lipinski definition) is 8. The molecule has 0 aliphatic carbocycles. The predicted molar refractivity (Wildman–Crippen MR) is 118 cm³/mol. The zero-order chi connectivity index (χ0) is 26.2. The highest BCUT2D eigenvalue weighted by Gasteiger charge is 2.26. The van der Waals surface area contributed by atoms with Crippen molar-refractivity contribution in [2.75, 3.05) is 49.3 Å². The van der Waals surface area contributed by atoms with Crippen LogP contribution in [0.1, 0.15) is 5.56 Å². The lowest BCUT2D eigenvalue weighted by Gasteiger charge is -2.25. The first-order valence-corrected chi connectivity index (χ1v) is 10.9. The molecule has 10 nitrogen and oxygen atoms in total. The Morgan fingerprint density at radius 1 is 1.14 bits per heavy atom. The SMILES string of the molecule is O=C(NC[C@H](O)CN(O)c1cc(F)c(N2CCON(C(=O)Cc3ccncc3)CC2)c(F)c1)C(F)F. The van der Waals surface area contributed by atoms with E-state index < -0.39 is 43.2 Å². The number of aliphatic hydroxyl groups excluding tert-OH is 1. The Morgan fingerprint density at radius 3 is 2.44 bits per heavy atom. The Kier molecular flexibility index (Phi) is 9.38. The molecule has 14 heteroatoms. The molecule has 0 bridgehead atoms. The molecule has 36 heavy (non-hydrogen) atoms. The standard InChI is InChI=1S/C22H25F4N5O5/c23-17-10-15(30(35)13-16(32)12-28-22(34)21(25)26)11-18(24)20(17)29-5-6-31(36-8-7-29)19(33)9-14-1-3-27-4-2-14/h1-4,10-11,16,21,32,35H,5-9,12-13H2,(H,28,34)/t16-/m0/s1. The fraction of sp³-hybridized carbons (Fsp3) is 0.409. The minimum absolute atomic E-state index is 0.00856. The van der Waals surface area contributed by atoms with Crippen molar-refractivity contribution in [1.82, 2.24) is 15.4 Å². The minimum Gasteiger partial charge on any atom is -0.389 e. The lowest BCUT2D eigenvalue weighted by atomic mass is 10.2. The Bertz CT molecular complexity index is 1030. The van der Waals surface area contributed by atoms with Crippen LogP contribution in [0.2, 0.25) is 0 Å². The topological polar surface area (TPSA) is 118 Å². The van der Waals surface area contributed by atoms with Crippen LogP contribution in [0.4, 0.5) is 28.9 Å². The Labute approximate surface area is 203 Å². The number of halogens is 4. The summed E-state index contributed by atoms with van der Waals surface area (Å²) in [4.78, 5) is 34.1. The highest BCUT2D eigenvalue weighted by atomic mass is 19.3. The van der Waals surface area contributed by atoms with Crippen LogP contribution >= 0.6 is 0 Å². The number of hydroxylamine groups is 3. The van der Waals surface area contributed by atoms with Crippen LogP contribution in [0.3, 0.4) is 0 Å². The summed E-state index contributed by atoms with van der Waals surface area (Å²) < 4.78 is 54.1. The van der Waals surface area contributed by atoms with Gasteiger partial charge < -0.3 is 15.3 Å². The fourth-order valence-electron chi connectivity index (χ4n) is 3.50. The molecule has 1 aromatic carbocycles. The zero-order valence-corrected chi connectivity index (χ0v) is 19.0. The third kappa shape index (κ3) is 7.26. The molecule has 1 aliphatic rings. The zero-order valence-electron chi connectivity index (χ0n) is 19.0. The lowest BCUT2D eigenvalue weighted by Crippen LogP contribution is -2.41. The maximum absolute atomic E-state index is 14.9. The summed E-state index contributed by atoms with van der Waals surface area (Å²) in [5.41, 5.74) is 0.0135. The molecule has 0 spiro atoms. The molecular weight excluding hydrogens is 490 g/mol. The highest BCUT2D eigenvalue weighted by molar-refractivity contribution is 5.79. The van der Waals surface area contributed by atoms with Crippen molar-refractivity contribution in [3.05, 3.63) is 53.9 Å². The third-order valence-electron chi connectivity index (χ3n) is 5.27. The normalized spacial score (nSPS) is 15.0. The number of alkyl halides is 2. The number of rotatable bonds is 9. The van der Waals surface area contributed by atoms with E-state index in [1.807, 2.05) is 0 Å². The Balaban J connectivity index is 1.60. The average Bonchev–Trinajstić information content (AvgIpc) is 3.09. The second-order valence-corrected chi connectivity index (χ2v) is 7.89. The quantitative estimate of drug-likeness (QED) is 0.336. The maximum Gasteiger partial charge on any atom is 0.315 e. The first kappa shape index (κ1) is 27.1. The Hall–Kier alpha value is -3.49. The number of aromatic nitrogens is 1. The molecule has 1 aliphatic heterocycles. The van der Waals surface area contributed by atoms with Crippen molar-refractivity contribution in [2.24, 2.45) is 0 Å². The molecule has 1 aromatic heterocycles. The third-order valence-corrected chi connectivity index (χ3v) is 5.27. The number of nitrogens with one attached hydrogen (secondary N) is 1. The first-order valence-electron chi connectivity index (χ1n) is 10.9. The summed E-state index contributed by atoms with van der Waals surface area (Å²) >= 11 is 0. The van der Waals surface area contributed by atoms with Crippen LogP contribution in [0.5, 0.6) is 0 Å². The van der Waals surface area contributed by atoms with Crippen LogP contribution < -0.4 is 15.3 Å². The second kappa shape index (κ2) is 12.5. The van der Waals surface area contributed by atoms with Crippen molar-refractivity contribution in [2.45, 2.75) is 19.0 Å². The van der Waals surface area contributed by atoms with Crippen molar-refractivity contribution in [3.8, 4) is 0 Å². The van der Waals surface area contributed by atoms with Crippen LogP contribution in [0.15, 0.2) is 36.7 Å². The number of carbonyl (C=O) groups is 2. The summed E-state index contributed by atoms with van der Waals surface area (Å²) in [7, 11) is 0. The minimum atomic E-state index is -3.27. The second-order valence-electron chi connectivity index (χ2n) is 7.89. The summed E-state index contributed by atoms with van der Waals surface area (Å²) in [6, 6.07) is 5.05. The lowest BCUT2D eigenvalue weighted by molar-refractivity contribution is -0.181. The number of hydrogen-bond donors (Lipinski definition) is 3. The van der Waals surface area contributed by atoms with Crippen LogP contribution in [-0.4, -0.2) is 84.0 Å². The van der Waals surface area contributed by atoms with Gasteiger partial charge in [0.05, 0.1) is 37.9 Å². The Morgan fingerprint density at radius 2 is 1.81 bits per heavy atom. The van der Waals surface area contributed by atoms with Gasteiger partial charge in [-0.05, 0) is 17.7 Å². The molecule has 1 atom stereocenters. The van der Waals surface area contributed by atoms with Crippen molar-refractivity contribution in [1.29, 1.82) is 0 Å². The molecule has 2 amide bonds. The van der Waals surface area contributed by atoms with Crippen molar-refractivity contribution < 1.29 is 42.3 Å². The summed E-state index contributed by atoms with van der Waals surface area (Å²) in [5, 5.41) is 23.1. The summed E-state index contributed by atoms with van der Waals surface area (Å²) in [6.07, 6.45) is -1.58. The number of amides is 2. The van der Waals surface area contributed by atoms with E-state index in [9.17, 15) is 37.5 Å². The molecule has 1 saturated heterocycles. The van der Waals surface area contributed by atoms with E-state index in [0.29, 0.717) is 5.06 Å². The molecule has 196 valence electrons. The first-order chi connectivity index (χ1) is 17.2. The van der Waals surface area contributed by atoms with Gasteiger partial charge in [0.2, 0.25) is 0 Å². The van der Waals surface area contributed by atoms with E-state index in [1.165, 1.54) is 4.90 Å². The molecule has 0 radical (unpaired) electrons. The molecule has 3 N–H and O–H groups in total. The van der Waals surface area contributed by atoms with E-state index in [-0.39, 0.29) is 49.9 Å². The molecule has 3 rings (SSSR count). The molecular formula is C22H25F4N5O5. The molecule has 1 fully saturated rings. The maximum atomic E-state index is 14.9. The van der Waals surface area contributed by atoms with E-state index in [1.54, 1.807) is 29.8 Å². The van der Waals surface area contributed by atoms with Crippen molar-refractivity contribution >= 4 is 23.2 Å². The molecule has 2 heterocycles. The van der Waals surface area contributed by atoms with Gasteiger partial charge in [-0.1, -0.05) is 0 Å². The van der Waals surface area contributed by atoms with Gasteiger partial charge in [-0.15, -0.1) is 0 Å². The van der Waals surface area contributed by atoms with Gasteiger partial charge in [0, 0.05) is 44.2 Å². The number of aliphatic hydroxyl groups is 1. The van der Waals surface area contributed by atoms with Gasteiger partial charge in [-0.3, -0.25) is 29.7 Å². The van der Waals surface area contributed by atoms with E-state index >= 15 is 0 Å². The molecule has 0 saturated carbocycles. The number of nitrogens with zero attached hydrogens (tertiary/aromatic N) is 4.